The fourth-order valence-electron chi connectivity index (χ4n) is 1.42. The summed E-state index contributed by atoms with van der Waals surface area (Å²) in [6.07, 6.45) is 1.64. The number of thioether (sulfide) groups is 1. The average Bonchev–Trinajstić information content (AvgIpc) is 2.73. The monoisotopic (exact) mass is 250 g/mol. The van der Waals surface area contributed by atoms with Crippen LogP contribution in [0.3, 0.4) is 0 Å². The third-order valence-corrected chi connectivity index (χ3v) is 3.17. The first kappa shape index (κ1) is 11.9. The molecule has 0 radical (unpaired) electrons. The second kappa shape index (κ2) is 5.14. The minimum atomic E-state index is 0.647. The number of benzene rings is 1. The van der Waals surface area contributed by atoms with Crippen LogP contribution in [0.4, 0.5) is 5.69 Å². The summed E-state index contributed by atoms with van der Waals surface area (Å²) in [5, 5.41) is 0.678. The standard InChI is InChI=1S/C12H14N2O2S/c1-8-6-16-12(14-8)17-7-9-3-4-11(15-2)10(13)5-9/h3-6H,7,13H2,1-2H3. The van der Waals surface area contributed by atoms with E-state index >= 15 is 0 Å². The van der Waals surface area contributed by atoms with E-state index in [0.29, 0.717) is 16.7 Å². The number of rotatable bonds is 4. The van der Waals surface area contributed by atoms with Crippen molar-refractivity contribution in [1.29, 1.82) is 0 Å². The molecule has 1 aromatic carbocycles. The van der Waals surface area contributed by atoms with Gasteiger partial charge in [0.05, 0.1) is 18.5 Å². The number of nitrogen functional groups attached to an aromatic ring is 1. The van der Waals surface area contributed by atoms with Crippen LogP contribution < -0.4 is 10.5 Å². The number of aryl methyl sites for hydroxylation is 1. The van der Waals surface area contributed by atoms with Gasteiger partial charge in [0.2, 0.25) is 0 Å². The maximum absolute atomic E-state index is 5.83. The van der Waals surface area contributed by atoms with Crippen molar-refractivity contribution in [2.75, 3.05) is 12.8 Å². The zero-order valence-electron chi connectivity index (χ0n) is 9.77. The van der Waals surface area contributed by atoms with Gasteiger partial charge in [-0.25, -0.2) is 4.98 Å². The lowest BCUT2D eigenvalue weighted by atomic mass is 10.2. The highest BCUT2D eigenvalue weighted by molar-refractivity contribution is 7.98. The topological polar surface area (TPSA) is 61.3 Å². The lowest BCUT2D eigenvalue weighted by Crippen LogP contribution is -1.93. The molecule has 0 aliphatic heterocycles. The molecule has 0 bridgehead atoms. The molecule has 0 aliphatic carbocycles. The average molecular weight is 250 g/mol. The Morgan fingerprint density at radius 3 is 2.88 bits per heavy atom. The van der Waals surface area contributed by atoms with Gasteiger partial charge in [0.1, 0.15) is 12.0 Å². The summed E-state index contributed by atoms with van der Waals surface area (Å²) in [7, 11) is 1.61. The van der Waals surface area contributed by atoms with E-state index in [1.807, 2.05) is 25.1 Å². The van der Waals surface area contributed by atoms with Gasteiger partial charge in [0.15, 0.2) is 0 Å². The largest absolute Gasteiger partial charge is 0.495 e. The zero-order chi connectivity index (χ0) is 12.3. The molecule has 1 heterocycles. The van der Waals surface area contributed by atoms with Crippen LogP contribution in [0.2, 0.25) is 0 Å². The zero-order valence-corrected chi connectivity index (χ0v) is 10.6. The minimum Gasteiger partial charge on any atom is -0.495 e. The summed E-state index contributed by atoms with van der Waals surface area (Å²) in [4.78, 5) is 4.22. The van der Waals surface area contributed by atoms with Gasteiger partial charge in [-0.3, -0.25) is 0 Å². The number of nitrogens with zero attached hydrogens (tertiary/aromatic N) is 1. The quantitative estimate of drug-likeness (QED) is 0.667. The summed E-state index contributed by atoms with van der Waals surface area (Å²) >= 11 is 1.54. The van der Waals surface area contributed by atoms with Gasteiger partial charge in [0.25, 0.3) is 5.22 Å². The summed E-state index contributed by atoms with van der Waals surface area (Å²) in [5.74, 6) is 1.47. The van der Waals surface area contributed by atoms with E-state index in [4.69, 9.17) is 14.9 Å². The molecular weight excluding hydrogens is 236 g/mol. The Bertz CT molecular complexity index is 511. The third kappa shape index (κ3) is 2.94. The summed E-state index contributed by atoms with van der Waals surface area (Å²) < 4.78 is 10.4. The molecule has 0 atom stereocenters. The van der Waals surface area contributed by atoms with Crippen molar-refractivity contribution < 1.29 is 9.15 Å². The van der Waals surface area contributed by atoms with Crippen molar-refractivity contribution in [1.82, 2.24) is 4.98 Å². The van der Waals surface area contributed by atoms with Gasteiger partial charge < -0.3 is 14.9 Å². The molecule has 0 aliphatic rings. The van der Waals surface area contributed by atoms with Crippen molar-refractivity contribution in [3.8, 4) is 5.75 Å². The lowest BCUT2D eigenvalue weighted by molar-refractivity contribution is 0.417. The Hall–Kier alpha value is -1.62. The SMILES string of the molecule is COc1ccc(CSc2nc(C)co2)cc1N. The van der Waals surface area contributed by atoms with E-state index in [0.717, 1.165) is 17.0 Å². The summed E-state index contributed by atoms with van der Waals surface area (Å²) in [6, 6.07) is 5.76. The molecule has 0 saturated carbocycles. The minimum absolute atomic E-state index is 0.647. The Morgan fingerprint density at radius 2 is 2.29 bits per heavy atom. The van der Waals surface area contributed by atoms with Crippen LogP contribution in [-0.2, 0) is 5.75 Å². The molecule has 0 fully saturated rings. The van der Waals surface area contributed by atoms with Gasteiger partial charge in [-0.2, -0.15) is 0 Å². The molecule has 2 aromatic rings. The normalized spacial score (nSPS) is 10.5. The summed E-state index contributed by atoms with van der Waals surface area (Å²) in [6.45, 7) is 1.90. The number of hydrogen-bond acceptors (Lipinski definition) is 5. The molecule has 2 rings (SSSR count). The highest BCUT2D eigenvalue weighted by Gasteiger charge is 2.04. The number of oxazole rings is 1. The third-order valence-electron chi connectivity index (χ3n) is 2.25. The summed E-state index contributed by atoms with van der Waals surface area (Å²) in [5.41, 5.74) is 8.48. The molecule has 0 saturated heterocycles. The number of ether oxygens (including phenoxy) is 1. The van der Waals surface area contributed by atoms with Crippen LogP contribution >= 0.6 is 11.8 Å². The molecule has 4 nitrogen and oxygen atoms in total. The van der Waals surface area contributed by atoms with Crippen LogP contribution in [0.15, 0.2) is 34.1 Å². The van der Waals surface area contributed by atoms with Crippen molar-refractivity contribution in [2.45, 2.75) is 17.9 Å². The predicted octanol–water partition coefficient (Wildman–Crippen LogP) is 2.87. The number of anilines is 1. The van der Waals surface area contributed by atoms with E-state index in [9.17, 15) is 0 Å². The second-order valence-corrected chi connectivity index (χ2v) is 4.55. The number of nitrogens with two attached hydrogens (primary N) is 1. The lowest BCUT2D eigenvalue weighted by Gasteiger charge is -2.06. The van der Waals surface area contributed by atoms with Crippen LogP contribution in [0.5, 0.6) is 5.75 Å². The Labute approximate surface area is 104 Å². The van der Waals surface area contributed by atoms with Gasteiger partial charge in [-0.05, 0) is 24.6 Å². The van der Waals surface area contributed by atoms with Crippen LogP contribution in [0, 0.1) is 6.92 Å². The van der Waals surface area contributed by atoms with Crippen molar-refractivity contribution >= 4 is 17.4 Å². The van der Waals surface area contributed by atoms with E-state index in [1.165, 1.54) is 0 Å². The molecule has 0 spiro atoms. The van der Waals surface area contributed by atoms with Gasteiger partial charge in [-0.15, -0.1) is 0 Å². The Kier molecular flexibility index (Phi) is 3.58. The molecule has 17 heavy (non-hydrogen) atoms. The van der Waals surface area contributed by atoms with E-state index in [1.54, 1.807) is 25.1 Å². The van der Waals surface area contributed by atoms with E-state index in [2.05, 4.69) is 4.98 Å². The number of methoxy groups -OCH3 is 1. The van der Waals surface area contributed by atoms with Crippen LogP contribution in [0.25, 0.3) is 0 Å². The van der Waals surface area contributed by atoms with Crippen molar-refractivity contribution in [2.24, 2.45) is 0 Å². The van der Waals surface area contributed by atoms with E-state index in [-0.39, 0.29) is 0 Å². The van der Waals surface area contributed by atoms with Gasteiger partial charge >= 0.3 is 0 Å². The smallest absolute Gasteiger partial charge is 0.256 e. The number of hydrogen-bond donors (Lipinski definition) is 1. The van der Waals surface area contributed by atoms with Crippen LogP contribution in [0.1, 0.15) is 11.3 Å². The second-order valence-electron chi connectivity index (χ2n) is 3.62. The Balaban J connectivity index is 2.02. The molecule has 1 aromatic heterocycles. The Morgan fingerprint density at radius 1 is 1.47 bits per heavy atom. The first-order valence-electron chi connectivity index (χ1n) is 5.16. The molecular formula is C12H14N2O2S. The highest BCUT2D eigenvalue weighted by Crippen LogP contribution is 2.26. The maximum Gasteiger partial charge on any atom is 0.256 e. The van der Waals surface area contributed by atoms with Crippen LogP contribution in [-0.4, -0.2) is 12.1 Å². The first-order chi connectivity index (χ1) is 8.19. The van der Waals surface area contributed by atoms with Gasteiger partial charge in [-0.1, -0.05) is 17.8 Å². The van der Waals surface area contributed by atoms with Crippen molar-refractivity contribution in [3.63, 3.8) is 0 Å². The van der Waals surface area contributed by atoms with E-state index < -0.39 is 0 Å². The molecule has 0 unspecified atom stereocenters. The van der Waals surface area contributed by atoms with Crippen molar-refractivity contribution in [3.05, 3.63) is 35.7 Å². The fraction of sp³-hybridized carbons (Fsp3) is 0.250. The number of aromatic nitrogens is 1. The predicted molar refractivity (Wildman–Crippen MR) is 68.2 cm³/mol. The molecule has 2 N–H and O–H groups in total. The maximum atomic E-state index is 5.83. The first-order valence-corrected chi connectivity index (χ1v) is 6.15. The molecule has 5 heteroatoms. The highest BCUT2D eigenvalue weighted by atomic mass is 32.2. The molecule has 0 amide bonds. The van der Waals surface area contributed by atoms with Gasteiger partial charge in [0, 0.05) is 5.75 Å². The molecule has 90 valence electrons. The fourth-order valence-corrected chi connectivity index (χ4v) is 2.21.